The second-order valence-electron chi connectivity index (χ2n) is 4.07. The summed E-state index contributed by atoms with van der Waals surface area (Å²) in [5, 5.41) is 9.11. The molecule has 2 rings (SSSR count). The zero-order chi connectivity index (χ0) is 9.97. The molecule has 0 aromatic rings. The average Bonchev–Trinajstić information content (AvgIpc) is 2.15. The Kier molecular flexibility index (Phi) is 3.03. The molecule has 0 aromatic heterocycles. The minimum absolute atomic E-state index is 0.0124. The maximum Gasteiger partial charge on any atom is 0.226 e. The molecule has 1 heterocycles. The van der Waals surface area contributed by atoms with Gasteiger partial charge < -0.3 is 14.7 Å². The van der Waals surface area contributed by atoms with Crippen LogP contribution in [0.25, 0.3) is 0 Å². The summed E-state index contributed by atoms with van der Waals surface area (Å²) in [5.74, 6) is 0.445. The number of nitrogens with zero attached hydrogens (tertiary/aromatic N) is 1. The van der Waals surface area contributed by atoms with Crippen molar-refractivity contribution in [2.75, 3.05) is 26.4 Å². The number of ether oxygens (including phenoxy) is 1. The predicted molar refractivity (Wildman–Crippen MR) is 50.7 cm³/mol. The van der Waals surface area contributed by atoms with Gasteiger partial charge in [0.2, 0.25) is 5.91 Å². The third kappa shape index (κ3) is 1.77. The van der Waals surface area contributed by atoms with Crippen LogP contribution in [0, 0.1) is 5.92 Å². The van der Waals surface area contributed by atoms with Gasteiger partial charge in [-0.25, -0.2) is 0 Å². The fraction of sp³-hybridized carbons (Fsp3) is 0.900. The van der Waals surface area contributed by atoms with Crippen molar-refractivity contribution in [3.05, 3.63) is 0 Å². The molecule has 1 N–H and O–H groups in total. The number of aliphatic hydroxyl groups excluding tert-OH is 1. The van der Waals surface area contributed by atoms with Crippen LogP contribution in [0.15, 0.2) is 0 Å². The van der Waals surface area contributed by atoms with Gasteiger partial charge in [0.1, 0.15) is 0 Å². The van der Waals surface area contributed by atoms with Crippen LogP contribution in [0.2, 0.25) is 0 Å². The van der Waals surface area contributed by atoms with E-state index in [0.29, 0.717) is 19.8 Å². The van der Waals surface area contributed by atoms with E-state index in [1.165, 1.54) is 6.42 Å². The summed E-state index contributed by atoms with van der Waals surface area (Å²) in [4.78, 5) is 13.7. The van der Waals surface area contributed by atoms with Crippen LogP contribution >= 0.6 is 0 Å². The summed E-state index contributed by atoms with van der Waals surface area (Å²) in [6.45, 7) is 1.74. The number of hydrogen-bond donors (Lipinski definition) is 1. The van der Waals surface area contributed by atoms with E-state index in [1.54, 1.807) is 4.90 Å². The van der Waals surface area contributed by atoms with Crippen molar-refractivity contribution in [1.29, 1.82) is 0 Å². The molecule has 14 heavy (non-hydrogen) atoms. The van der Waals surface area contributed by atoms with Crippen LogP contribution in [0.4, 0.5) is 0 Å². The standard InChI is InChI=1S/C10H17NO3/c12-6-9-7-14-5-4-11(9)10(13)8-2-1-3-8/h8-9,12H,1-7H2. The van der Waals surface area contributed by atoms with Crippen LogP contribution in [0.5, 0.6) is 0 Å². The number of morpholine rings is 1. The number of carbonyl (C=O) groups excluding carboxylic acids is 1. The van der Waals surface area contributed by atoms with Gasteiger partial charge in [-0.3, -0.25) is 4.79 Å². The van der Waals surface area contributed by atoms with E-state index in [-0.39, 0.29) is 24.5 Å². The van der Waals surface area contributed by atoms with Gasteiger partial charge in [0.25, 0.3) is 0 Å². The summed E-state index contributed by atoms with van der Waals surface area (Å²) in [5.41, 5.74) is 0. The molecule has 2 fully saturated rings. The van der Waals surface area contributed by atoms with Gasteiger partial charge in [-0.2, -0.15) is 0 Å². The number of aliphatic hydroxyl groups is 1. The van der Waals surface area contributed by atoms with Gasteiger partial charge >= 0.3 is 0 Å². The third-order valence-corrected chi connectivity index (χ3v) is 3.18. The quantitative estimate of drug-likeness (QED) is 0.681. The lowest BCUT2D eigenvalue weighted by molar-refractivity contribution is -0.148. The second-order valence-corrected chi connectivity index (χ2v) is 4.07. The highest BCUT2D eigenvalue weighted by molar-refractivity contribution is 5.80. The van der Waals surface area contributed by atoms with Gasteiger partial charge in [0, 0.05) is 12.5 Å². The minimum atomic E-state index is -0.114. The van der Waals surface area contributed by atoms with E-state index < -0.39 is 0 Å². The van der Waals surface area contributed by atoms with Crippen LogP contribution < -0.4 is 0 Å². The molecular weight excluding hydrogens is 182 g/mol. The Morgan fingerprint density at radius 1 is 1.50 bits per heavy atom. The normalized spacial score (nSPS) is 28.6. The van der Waals surface area contributed by atoms with Gasteiger partial charge in [0.05, 0.1) is 25.9 Å². The van der Waals surface area contributed by atoms with Gasteiger partial charge in [-0.15, -0.1) is 0 Å². The molecule has 1 amide bonds. The fourth-order valence-electron chi connectivity index (χ4n) is 1.99. The smallest absolute Gasteiger partial charge is 0.226 e. The highest BCUT2D eigenvalue weighted by Gasteiger charge is 2.34. The molecule has 0 spiro atoms. The lowest BCUT2D eigenvalue weighted by Gasteiger charge is -2.38. The molecule has 4 nitrogen and oxygen atoms in total. The molecule has 1 saturated carbocycles. The molecule has 0 radical (unpaired) electrons. The maximum absolute atomic E-state index is 11.9. The first-order chi connectivity index (χ1) is 6.83. The highest BCUT2D eigenvalue weighted by Crippen LogP contribution is 2.29. The molecule has 2 aliphatic rings. The number of hydrogen-bond acceptors (Lipinski definition) is 3. The zero-order valence-corrected chi connectivity index (χ0v) is 8.32. The molecular formula is C10H17NO3. The van der Waals surface area contributed by atoms with E-state index in [2.05, 4.69) is 0 Å². The number of rotatable bonds is 2. The first-order valence-corrected chi connectivity index (χ1v) is 5.32. The monoisotopic (exact) mass is 199 g/mol. The Hall–Kier alpha value is -0.610. The Morgan fingerprint density at radius 2 is 2.29 bits per heavy atom. The van der Waals surface area contributed by atoms with Crippen molar-refractivity contribution in [3.63, 3.8) is 0 Å². The lowest BCUT2D eigenvalue weighted by atomic mass is 9.84. The van der Waals surface area contributed by atoms with Crippen LogP contribution in [0.1, 0.15) is 19.3 Å². The van der Waals surface area contributed by atoms with Crippen LogP contribution in [-0.2, 0) is 9.53 Å². The van der Waals surface area contributed by atoms with Gasteiger partial charge in [-0.1, -0.05) is 6.42 Å². The molecule has 1 saturated heterocycles. The lowest BCUT2D eigenvalue weighted by Crippen LogP contribution is -2.53. The average molecular weight is 199 g/mol. The van der Waals surface area contributed by atoms with Crippen molar-refractivity contribution in [2.24, 2.45) is 5.92 Å². The molecule has 0 bridgehead atoms. The maximum atomic E-state index is 11.9. The van der Waals surface area contributed by atoms with Gasteiger partial charge in [0.15, 0.2) is 0 Å². The summed E-state index contributed by atoms with van der Waals surface area (Å²) < 4.78 is 5.23. The van der Waals surface area contributed by atoms with Gasteiger partial charge in [-0.05, 0) is 12.8 Å². The van der Waals surface area contributed by atoms with E-state index in [1.807, 2.05) is 0 Å². The topological polar surface area (TPSA) is 49.8 Å². The van der Waals surface area contributed by atoms with Crippen molar-refractivity contribution >= 4 is 5.91 Å². The number of carbonyl (C=O) groups is 1. The Bertz CT molecular complexity index is 215. The second kappa shape index (κ2) is 4.28. The molecule has 80 valence electrons. The minimum Gasteiger partial charge on any atom is -0.394 e. The third-order valence-electron chi connectivity index (χ3n) is 3.18. The SMILES string of the molecule is O=C(C1CCC1)N1CCOCC1CO. The zero-order valence-electron chi connectivity index (χ0n) is 8.32. The molecule has 1 atom stereocenters. The predicted octanol–water partition coefficient (Wildman–Crippen LogP) is 0.00620. The molecule has 1 aliphatic carbocycles. The summed E-state index contributed by atoms with van der Waals surface area (Å²) >= 11 is 0. The van der Waals surface area contributed by atoms with E-state index in [0.717, 1.165) is 12.8 Å². The Morgan fingerprint density at radius 3 is 2.86 bits per heavy atom. The van der Waals surface area contributed by atoms with Crippen LogP contribution in [0.3, 0.4) is 0 Å². The molecule has 4 heteroatoms. The molecule has 0 aromatic carbocycles. The Labute approximate surface area is 83.8 Å². The summed E-state index contributed by atoms with van der Waals surface area (Å²) in [7, 11) is 0. The van der Waals surface area contributed by atoms with Crippen molar-refractivity contribution in [2.45, 2.75) is 25.3 Å². The van der Waals surface area contributed by atoms with Crippen molar-refractivity contribution in [3.8, 4) is 0 Å². The van der Waals surface area contributed by atoms with Crippen molar-refractivity contribution in [1.82, 2.24) is 4.90 Å². The van der Waals surface area contributed by atoms with E-state index in [9.17, 15) is 4.79 Å². The summed E-state index contributed by atoms with van der Waals surface area (Å²) in [6.07, 6.45) is 3.22. The first-order valence-electron chi connectivity index (χ1n) is 5.32. The fourth-order valence-corrected chi connectivity index (χ4v) is 1.99. The highest BCUT2D eigenvalue weighted by atomic mass is 16.5. The first kappa shape index (κ1) is 9.93. The van der Waals surface area contributed by atoms with Crippen molar-refractivity contribution < 1.29 is 14.6 Å². The molecule has 1 unspecified atom stereocenters. The number of amides is 1. The van der Waals surface area contributed by atoms with E-state index >= 15 is 0 Å². The van der Waals surface area contributed by atoms with E-state index in [4.69, 9.17) is 9.84 Å². The Balaban J connectivity index is 1.95. The molecule has 1 aliphatic heterocycles. The summed E-state index contributed by atoms with van der Waals surface area (Å²) in [6, 6.07) is -0.114. The largest absolute Gasteiger partial charge is 0.394 e. The van der Waals surface area contributed by atoms with Crippen LogP contribution in [-0.4, -0.2) is 48.3 Å².